The summed E-state index contributed by atoms with van der Waals surface area (Å²) in [5.41, 5.74) is -0.662. The quantitative estimate of drug-likeness (QED) is 0.347. The van der Waals surface area contributed by atoms with Crippen molar-refractivity contribution in [2.24, 2.45) is 0 Å². The van der Waals surface area contributed by atoms with Crippen LogP contribution >= 0.6 is 0 Å². The largest absolute Gasteiger partial charge is 0.339 e. The molecule has 11 nitrogen and oxygen atoms in total. The zero-order valence-electron chi connectivity index (χ0n) is 19.0. The summed E-state index contributed by atoms with van der Waals surface area (Å²) in [6.45, 7) is 5.81. The number of rotatable bonds is 8. The molecule has 1 heterocycles. The van der Waals surface area contributed by atoms with Gasteiger partial charge >= 0.3 is 6.03 Å². The Morgan fingerprint density at radius 1 is 1.12 bits per heavy atom. The molecule has 5 amide bonds. The molecule has 1 aliphatic heterocycles. The predicted molar refractivity (Wildman–Crippen MR) is 123 cm³/mol. The number of nitro benzene ring substituents is 1. The minimum atomic E-state index is -1.55. The first-order chi connectivity index (χ1) is 16.1. The van der Waals surface area contributed by atoms with Crippen molar-refractivity contribution in [2.45, 2.75) is 26.3 Å². The molecule has 11 heteroatoms. The molecule has 1 unspecified atom stereocenters. The Labute approximate surface area is 195 Å². The molecular formula is C23H25N5O6. The standard InChI is InChI=1S/C23H25N5O6/c1-4-26(5-2)20(30)15-9-11-17(12-10-15)24-19(29)14-27-21(31)23(3,25-22(27)32)16-7-6-8-18(13-16)28(33)34/h6-13H,4-5,14H2,1-3H3,(H,24,29)(H,25,32). The molecule has 1 saturated heterocycles. The van der Waals surface area contributed by atoms with Gasteiger partial charge in [-0.3, -0.25) is 29.4 Å². The number of amides is 5. The molecule has 1 aliphatic rings. The first-order valence-corrected chi connectivity index (χ1v) is 10.7. The molecule has 0 radical (unpaired) electrons. The van der Waals surface area contributed by atoms with Gasteiger partial charge in [0.05, 0.1) is 4.92 Å². The normalized spacial score (nSPS) is 17.3. The summed E-state index contributed by atoms with van der Waals surface area (Å²) < 4.78 is 0. The van der Waals surface area contributed by atoms with Gasteiger partial charge in [-0.15, -0.1) is 0 Å². The van der Waals surface area contributed by atoms with Gasteiger partial charge in [0, 0.05) is 36.5 Å². The Morgan fingerprint density at radius 3 is 2.35 bits per heavy atom. The average Bonchev–Trinajstić information content (AvgIpc) is 3.04. The fourth-order valence-electron chi connectivity index (χ4n) is 3.70. The minimum absolute atomic E-state index is 0.123. The van der Waals surface area contributed by atoms with Crippen molar-refractivity contribution in [3.63, 3.8) is 0 Å². The van der Waals surface area contributed by atoms with Gasteiger partial charge in [0.2, 0.25) is 5.91 Å². The van der Waals surface area contributed by atoms with E-state index >= 15 is 0 Å². The monoisotopic (exact) mass is 467 g/mol. The number of carbonyl (C=O) groups is 4. The van der Waals surface area contributed by atoms with Crippen LogP contribution in [0.3, 0.4) is 0 Å². The summed E-state index contributed by atoms with van der Waals surface area (Å²) in [5.74, 6) is -1.44. The molecule has 1 fully saturated rings. The van der Waals surface area contributed by atoms with Gasteiger partial charge in [0.25, 0.3) is 17.5 Å². The van der Waals surface area contributed by atoms with Crippen molar-refractivity contribution in [3.05, 3.63) is 69.8 Å². The zero-order chi connectivity index (χ0) is 25.0. The number of nitrogens with zero attached hydrogens (tertiary/aromatic N) is 3. The van der Waals surface area contributed by atoms with Crippen LogP contribution in [0, 0.1) is 10.1 Å². The summed E-state index contributed by atoms with van der Waals surface area (Å²) in [5, 5.41) is 16.2. The topological polar surface area (TPSA) is 142 Å². The first kappa shape index (κ1) is 24.4. The highest BCUT2D eigenvalue weighted by molar-refractivity contribution is 6.10. The highest BCUT2D eigenvalue weighted by atomic mass is 16.6. The molecule has 0 saturated carbocycles. The number of hydrogen-bond donors (Lipinski definition) is 2. The predicted octanol–water partition coefficient (Wildman–Crippen LogP) is 2.48. The number of non-ortho nitro benzene ring substituents is 1. The van der Waals surface area contributed by atoms with E-state index in [4.69, 9.17) is 0 Å². The lowest BCUT2D eigenvalue weighted by atomic mass is 9.91. The number of carbonyl (C=O) groups excluding carboxylic acids is 4. The van der Waals surface area contributed by atoms with Crippen LogP contribution in [-0.4, -0.2) is 58.1 Å². The third-order valence-corrected chi connectivity index (χ3v) is 5.68. The molecule has 0 spiro atoms. The maximum absolute atomic E-state index is 13.0. The summed E-state index contributed by atoms with van der Waals surface area (Å²) in [6, 6.07) is 10.9. The Bertz CT molecular complexity index is 1140. The lowest BCUT2D eigenvalue weighted by molar-refractivity contribution is -0.385. The van der Waals surface area contributed by atoms with Crippen molar-refractivity contribution >= 4 is 35.1 Å². The van der Waals surface area contributed by atoms with Crippen LogP contribution in [0.2, 0.25) is 0 Å². The second-order valence-electron chi connectivity index (χ2n) is 7.86. The van der Waals surface area contributed by atoms with Crippen LogP contribution in [0.25, 0.3) is 0 Å². The third-order valence-electron chi connectivity index (χ3n) is 5.68. The lowest BCUT2D eigenvalue weighted by Crippen LogP contribution is -2.42. The molecule has 2 aromatic rings. The van der Waals surface area contributed by atoms with E-state index in [-0.39, 0.29) is 17.2 Å². The van der Waals surface area contributed by atoms with E-state index < -0.39 is 34.9 Å². The summed E-state index contributed by atoms with van der Waals surface area (Å²) in [7, 11) is 0. The maximum Gasteiger partial charge on any atom is 0.325 e. The van der Waals surface area contributed by atoms with E-state index in [0.717, 1.165) is 4.90 Å². The van der Waals surface area contributed by atoms with Crippen LogP contribution in [0.5, 0.6) is 0 Å². The second kappa shape index (κ2) is 9.69. The number of nitro groups is 1. The lowest BCUT2D eigenvalue weighted by Gasteiger charge is -2.22. The average molecular weight is 467 g/mol. The summed E-state index contributed by atoms with van der Waals surface area (Å²) in [6.07, 6.45) is 0. The van der Waals surface area contributed by atoms with Crippen LogP contribution in [0.15, 0.2) is 48.5 Å². The van der Waals surface area contributed by atoms with Crippen molar-refractivity contribution in [3.8, 4) is 0 Å². The zero-order valence-corrected chi connectivity index (χ0v) is 19.0. The van der Waals surface area contributed by atoms with Crippen molar-refractivity contribution in [1.29, 1.82) is 0 Å². The van der Waals surface area contributed by atoms with Gasteiger partial charge in [-0.1, -0.05) is 12.1 Å². The number of anilines is 1. The SMILES string of the molecule is CCN(CC)C(=O)c1ccc(NC(=O)CN2C(=O)NC(C)(c3cccc([N+](=O)[O-])c3)C2=O)cc1. The Morgan fingerprint density at radius 2 is 1.76 bits per heavy atom. The number of hydrogen-bond acceptors (Lipinski definition) is 6. The minimum Gasteiger partial charge on any atom is -0.339 e. The molecule has 178 valence electrons. The fraction of sp³-hybridized carbons (Fsp3) is 0.304. The smallest absolute Gasteiger partial charge is 0.325 e. The van der Waals surface area contributed by atoms with Gasteiger partial charge in [0.1, 0.15) is 12.1 Å². The molecule has 1 atom stereocenters. The molecule has 0 aromatic heterocycles. The van der Waals surface area contributed by atoms with Crippen LogP contribution in [0.4, 0.5) is 16.2 Å². The van der Waals surface area contributed by atoms with Gasteiger partial charge in [0.15, 0.2) is 0 Å². The van der Waals surface area contributed by atoms with Crippen LogP contribution in [-0.2, 0) is 15.1 Å². The Hall–Kier alpha value is -4.28. The second-order valence-corrected chi connectivity index (χ2v) is 7.86. The molecule has 3 rings (SSSR count). The van der Waals surface area contributed by atoms with Gasteiger partial charge in [-0.25, -0.2) is 4.79 Å². The van der Waals surface area contributed by atoms with Gasteiger partial charge in [-0.2, -0.15) is 0 Å². The first-order valence-electron chi connectivity index (χ1n) is 10.7. The van der Waals surface area contributed by atoms with E-state index in [1.807, 2.05) is 13.8 Å². The molecule has 2 N–H and O–H groups in total. The van der Waals surface area contributed by atoms with Crippen molar-refractivity contribution in [2.75, 3.05) is 25.0 Å². The van der Waals surface area contributed by atoms with E-state index in [0.29, 0.717) is 24.3 Å². The molecule has 0 bridgehead atoms. The van der Waals surface area contributed by atoms with Gasteiger partial charge in [-0.05, 0) is 50.6 Å². The van der Waals surface area contributed by atoms with Crippen molar-refractivity contribution in [1.82, 2.24) is 15.1 Å². The molecule has 0 aliphatic carbocycles. The number of urea groups is 1. The van der Waals surface area contributed by atoms with E-state index in [9.17, 15) is 29.3 Å². The van der Waals surface area contributed by atoms with E-state index in [1.54, 1.807) is 29.2 Å². The fourth-order valence-corrected chi connectivity index (χ4v) is 3.70. The summed E-state index contributed by atoms with van der Waals surface area (Å²) >= 11 is 0. The summed E-state index contributed by atoms with van der Waals surface area (Å²) in [4.78, 5) is 63.3. The highest BCUT2D eigenvalue weighted by Gasteiger charge is 2.49. The molecule has 34 heavy (non-hydrogen) atoms. The van der Waals surface area contributed by atoms with E-state index in [2.05, 4.69) is 10.6 Å². The highest BCUT2D eigenvalue weighted by Crippen LogP contribution is 2.30. The Kier molecular flexibility index (Phi) is 6.94. The van der Waals surface area contributed by atoms with Crippen LogP contribution in [0.1, 0.15) is 36.7 Å². The number of benzene rings is 2. The number of imide groups is 1. The van der Waals surface area contributed by atoms with Crippen molar-refractivity contribution < 1.29 is 24.1 Å². The molecular weight excluding hydrogens is 442 g/mol. The Balaban J connectivity index is 1.69. The maximum atomic E-state index is 13.0. The van der Waals surface area contributed by atoms with E-state index in [1.165, 1.54) is 31.2 Å². The van der Waals surface area contributed by atoms with Crippen LogP contribution < -0.4 is 10.6 Å². The van der Waals surface area contributed by atoms with Gasteiger partial charge < -0.3 is 15.5 Å². The third kappa shape index (κ3) is 4.72. The number of nitrogens with one attached hydrogen (secondary N) is 2. The molecule has 2 aromatic carbocycles.